The number of halogens is 5. The molecule has 194 valence electrons. The summed E-state index contributed by atoms with van der Waals surface area (Å²) in [5.74, 6) is -4.89. The lowest BCUT2D eigenvalue weighted by Gasteiger charge is -2.39. The molecule has 2 amide bonds. The van der Waals surface area contributed by atoms with Gasteiger partial charge in [0.2, 0.25) is 5.91 Å². The Labute approximate surface area is 205 Å². The molecule has 0 spiro atoms. The van der Waals surface area contributed by atoms with Crippen molar-refractivity contribution in [2.24, 2.45) is 0 Å². The first-order valence-corrected chi connectivity index (χ1v) is 11.7. The number of likely N-dealkylation sites (tertiary alicyclic amines) is 1. The average Bonchev–Trinajstić information content (AvgIpc) is 2.86. The third-order valence-corrected chi connectivity index (χ3v) is 6.50. The van der Waals surface area contributed by atoms with E-state index in [1.807, 2.05) is 35.2 Å². The van der Waals surface area contributed by atoms with Crippen molar-refractivity contribution >= 4 is 17.5 Å². The summed E-state index contributed by atoms with van der Waals surface area (Å²) in [4.78, 5) is 31.1. The number of morpholine rings is 1. The van der Waals surface area contributed by atoms with Crippen LogP contribution in [0.15, 0.2) is 42.5 Å². The van der Waals surface area contributed by atoms with Gasteiger partial charge < -0.3 is 14.5 Å². The summed E-state index contributed by atoms with van der Waals surface area (Å²) in [6.07, 6.45) is -4.32. The van der Waals surface area contributed by atoms with E-state index in [1.54, 1.807) is 4.90 Å². The van der Waals surface area contributed by atoms with Gasteiger partial charge >= 0.3 is 6.18 Å². The van der Waals surface area contributed by atoms with Crippen molar-refractivity contribution in [3.05, 3.63) is 65.2 Å². The van der Waals surface area contributed by atoms with Crippen molar-refractivity contribution < 1.29 is 36.3 Å². The molecule has 0 aromatic heterocycles. The fraction of sp³-hybridized carbons (Fsp3) is 0.440. The molecule has 2 saturated heterocycles. The van der Waals surface area contributed by atoms with Crippen LogP contribution in [0.3, 0.4) is 0 Å². The van der Waals surface area contributed by atoms with Crippen LogP contribution >= 0.6 is 0 Å². The van der Waals surface area contributed by atoms with E-state index < -0.39 is 34.8 Å². The van der Waals surface area contributed by atoms with Crippen LogP contribution in [0.5, 0.6) is 0 Å². The number of hydrogen-bond donors (Lipinski definition) is 0. The topological polar surface area (TPSA) is 53.1 Å². The third-order valence-electron chi connectivity index (χ3n) is 6.50. The number of para-hydroxylation sites is 1. The van der Waals surface area contributed by atoms with E-state index in [1.165, 1.54) is 4.90 Å². The van der Waals surface area contributed by atoms with Crippen LogP contribution in [0.1, 0.15) is 28.8 Å². The lowest BCUT2D eigenvalue weighted by atomic mass is 10.00. The molecule has 0 radical (unpaired) electrons. The van der Waals surface area contributed by atoms with Gasteiger partial charge in [0.1, 0.15) is 0 Å². The summed E-state index contributed by atoms with van der Waals surface area (Å²) >= 11 is 0. The van der Waals surface area contributed by atoms with Gasteiger partial charge in [-0.25, -0.2) is 8.78 Å². The molecule has 2 aromatic carbocycles. The van der Waals surface area contributed by atoms with E-state index in [0.717, 1.165) is 5.69 Å². The van der Waals surface area contributed by atoms with Gasteiger partial charge in [0.25, 0.3) is 5.91 Å². The minimum Gasteiger partial charge on any atom is -0.379 e. The van der Waals surface area contributed by atoms with Gasteiger partial charge in [-0.1, -0.05) is 18.2 Å². The highest BCUT2D eigenvalue weighted by Crippen LogP contribution is 2.33. The van der Waals surface area contributed by atoms with Crippen LogP contribution in [0.25, 0.3) is 0 Å². The van der Waals surface area contributed by atoms with E-state index >= 15 is 0 Å². The van der Waals surface area contributed by atoms with Crippen molar-refractivity contribution in [1.29, 1.82) is 0 Å². The van der Waals surface area contributed by atoms with Crippen LogP contribution in [0, 0.1) is 11.6 Å². The highest BCUT2D eigenvalue weighted by atomic mass is 19.4. The molecule has 2 heterocycles. The quantitative estimate of drug-likeness (QED) is 0.571. The summed E-state index contributed by atoms with van der Waals surface area (Å²) < 4.78 is 72.2. The van der Waals surface area contributed by atoms with E-state index in [2.05, 4.69) is 0 Å². The van der Waals surface area contributed by atoms with Crippen LogP contribution in [0.2, 0.25) is 0 Å². The Balaban J connectivity index is 1.47. The molecular formula is C25H26F5N3O3. The Morgan fingerprint density at radius 1 is 0.917 bits per heavy atom. The Bertz CT molecular complexity index is 1080. The number of carbonyl (C=O) groups excluding carboxylic acids is 2. The lowest BCUT2D eigenvalue weighted by Crippen LogP contribution is -2.52. The molecule has 0 bridgehead atoms. The molecule has 0 unspecified atom stereocenters. The zero-order valence-electron chi connectivity index (χ0n) is 19.4. The lowest BCUT2D eigenvalue weighted by molar-refractivity contribution is -0.140. The Morgan fingerprint density at radius 3 is 2.17 bits per heavy atom. The molecule has 0 aliphatic carbocycles. The van der Waals surface area contributed by atoms with Gasteiger partial charge in [-0.15, -0.1) is 0 Å². The number of carbonyl (C=O) groups is 2. The highest BCUT2D eigenvalue weighted by Gasteiger charge is 2.38. The van der Waals surface area contributed by atoms with Gasteiger partial charge in [0.05, 0.1) is 30.9 Å². The van der Waals surface area contributed by atoms with E-state index in [0.29, 0.717) is 51.3 Å². The summed E-state index contributed by atoms with van der Waals surface area (Å²) in [7, 11) is 0. The molecule has 36 heavy (non-hydrogen) atoms. The van der Waals surface area contributed by atoms with Crippen molar-refractivity contribution in [1.82, 2.24) is 9.80 Å². The molecule has 2 aromatic rings. The minimum absolute atomic E-state index is 0.0938. The predicted octanol–water partition coefficient (Wildman–Crippen LogP) is 3.95. The highest BCUT2D eigenvalue weighted by molar-refractivity contribution is 5.96. The Kier molecular flexibility index (Phi) is 7.89. The number of nitrogens with zero attached hydrogens (tertiary/aromatic N) is 3. The molecule has 0 N–H and O–H groups in total. The van der Waals surface area contributed by atoms with Crippen molar-refractivity contribution in [3.8, 4) is 0 Å². The number of alkyl halides is 3. The molecule has 0 saturated carbocycles. The first-order valence-electron chi connectivity index (χ1n) is 11.7. The molecule has 2 aliphatic rings. The minimum atomic E-state index is -5.07. The van der Waals surface area contributed by atoms with Crippen molar-refractivity contribution in [2.45, 2.75) is 25.1 Å². The van der Waals surface area contributed by atoms with Gasteiger partial charge in [0, 0.05) is 37.9 Å². The number of anilines is 1. The predicted molar refractivity (Wildman–Crippen MR) is 121 cm³/mol. The number of benzene rings is 2. The standard InChI is InChI=1S/C25H26F5N3O3/c26-22-19(6-7-20(23(22)27)25(28,29)30)24(35)32-10-8-18(9-11-32)33(17-4-2-1-3-5-17)21(34)16-31-12-14-36-15-13-31/h1-7,18H,8-16H2. The SMILES string of the molecule is O=C(c1ccc(C(F)(F)F)c(F)c1F)N1CCC(N(C(=O)CN2CCOCC2)c2ccccc2)CC1. The van der Waals surface area contributed by atoms with Crippen LogP contribution in [-0.4, -0.2) is 73.6 Å². The summed E-state index contributed by atoms with van der Waals surface area (Å²) in [5, 5.41) is 0. The van der Waals surface area contributed by atoms with E-state index in [4.69, 9.17) is 4.74 Å². The number of ether oxygens (including phenoxy) is 1. The largest absolute Gasteiger partial charge is 0.419 e. The first kappa shape index (κ1) is 26.0. The second-order valence-electron chi connectivity index (χ2n) is 8.80. The number of amides is 2. The molecule has 11 heteroatoms. The maximum atomic E-state index is 14.4. The number of rotatable bonds is 5. The summed E-state index contributed by atoms with van der Waals surface area (Å²) in [6, 6.07) is 9.95. The Hall–Kier alpha value is -3.05. The second kappa shape index (κ2) is 10.9. The fourth-order valence-corrected chi connectivity index (χ4v) is 4.60. The molecule has 6 nitrogen and oxygen atoms in total. The molecule has 2 fully saturated rings. The zero-order chi connectivity index (χ0) is 25.9. The van der Waals surface area contributed by atoms with E-state index in [9.17, 15) is 31.5 Å². The smallest absolute Gasteiger partial charge is 0.379 e. The molecular weight excluding hydrogens is 485 g/mol. The van der Waals surface area contributed by atoms with E-state index in [-0.39, 0.29) is 31.6 Å². The van der Waals surface area contributed by atoms with Gasteiger partial charge in [-0.3, -0.25) is 14.5 Å². The normalized spacial score (nSPS) is 17.8. The van der Waals surface area contributed by atoms with Gasteiger partial charge in [-0.05, 0) is 37.1 Å². The monoisotopic (exact) mass is 511 g/mol. The van der Waals surface area contributed by atoms with Gasteiger partial charge in [-0.2, -0.15) is 13.2 Å². The molecule has 2 aliphatic heterocycles. The summed E-state index contributed by atoms with van der Waals surface area (Å²) in [6.45, 7) is 2.90. The maximum absolute atomic E-state index is 14.4. The van der Waals surface area contributed by atoms with Gasteiger partial charge in [0.15, 0.2) is 11.6 Å². The Morgan fingerprint density at radius 2 is 1.56 bits per heavy atom. The second-order valence-corrected chi connectivity index (χ2v) is 8.80. The van der Waals surface area contributed by atoms with Crippen LogP contribution in [-0.2, 0) is 15.7 Å². The maximum Gasteiger partial charge on any atom is 0.419 e. The third kappa shape index (κ3) is 5.67. The van der Waals surface area contributed by atoms with Crippen LogP contribution < -0.4 is 4.90 Å². The van der Waals surface area contributed by atoms with Crippen LogP contribution in [0.4, 0.5) is 27.6 Å². The zero-order valence-corrected chi connectivity index (χ0v) is 19.4. The fourth-order valence-electron chi connectivity index (χ4n) is 4.60. The van der Waals surface area contributed by atoms with Crippen molar-refractivity contribution in [2.75, 3.05) is 50.8 Å². The summed E-state index contributed by atoms with van der Waals surface area (Å²) in [5.41, 5.74) is -1.79. The molecule has 4 rings (SSSR count). The van der Waals surface area contributed by atoms with Crippen molar-refractivity contribution in [3.63, 3.8) is 0 Å². The first-order chi connectivity index (χ1) is 17.2. The number of piperidine rings is 1. The average molecular weight is 511 g/mol. The number of hydrogen-bond acceptors (Lipinski definition) is 4. The molecule has 0 atom stereocenters.